The fourth-order valence-corrected chi connectivity index (χ4v) is 2.19. The van der Waals surface area contributed by atoms with E-state index in [1.807, 2.05) is 6.20 Å². The lowest BCUT2D eigenvalue weighted by Gasteiger charge is -2.28. The molecule has 1 aromatic rings. The molecule has 2 rings (SSSR count). The van der Waals surface area contributed by atoms with Gasteiger partial charge in [0.1, 0.15) is 5.82 Å². The molecular formula is C13H21N3. The molecule has 1 fully saturated rings. The van der Waals surface area contributed by atoms with Crippen LogP contribution in [0.4, 0.5) is 5.82 Å². The molecule has 1 saturated heterocycles. The van der Waals surface area contributed by atoms with Crippen molar-refractivity contribution in [1.29, 1.82) is 0 Å². The van der Waals surface area contributed by atoms with Crippen molar-refractivity contribution in [3.8, 4) is 0 Å². The number of nitrogens with one attached hydrogen (secondary N) is 1. The Bertz CT molecular complexity index is 314. The van der Waals surface area contributed by atoms with Gasteiger partial charge >= 0.3 is 0 Å². The molecule has 1 aliphatic rings. The molecule has 1 aromatic heterocycles. The van der Waals surface area contributed by atoms with Crippen molar-refractivity contribution in [2.45, 2.75) is 32.2 Å². The van der Waals surface area contributed by atoms with Crippen LogP contribution in [0.2, 0.25) is 0 Å². The van der Waals surface area contributed by atoms with Gasteiger partial charge in [-0.3, -0.25) is 0 Å². The number of pyridine rings is 1. The van der Waals surface area contributed by atoms with Crippen molar-refractivity contribution < 1.29 is 0 Å². The second kappa shape index (κ2) is 5.30. The van der Waals surface area contributed by atoms with Crippen molar-refractivity contribution in [2.75, 3.05) is 25.0 Å². The Balaban J connectivity index is 1.91. The van der Waals surface area contributed by atoms with E-state index < -0.39 is 0 Å². The van der Waals surface area contributed by atoms with E-state index in [9.17, 15) is 0 Å². The minimum atomic E-state index is 0.627. The van der Waals surface area contributed by atoms with Gasteiger partial charge in [0.25, 0.3) is 0 Å². The molecular weight excluding hydrogens is 198 g/mol. The zero-order valence-corrected chi connectivity index (χ0v) is 10.2. The number of likely N-dealkylation sites (N-methyl/N-ethyl adjacent to an activating group) is 1. The summed E-state index contributed by atoms with van der Waals surface area (Å²) in [5, 5.41) is 3.56. The highest BCUT2D eigenvalue weighted by atomic mass is 15.2. The van der Waals surface area contributed by atoms with Gasteiger partial charge in [-0.05, 0) is 37.9 Å². The molecule has 0 spiro atoms. The van der Waals surface area contributed by atoms with Crippen molar-refractivity contribution in [3.05, 3.63) is 23.9 Å². The molecule has 1 unspecified atom stereocenters. The molecule has 88 valence electrons. The molecule has 1 N–H and O–H groups in total. The summed E-state index contributed by atoms with van der Waals surface area (Å²) >= 11 is 0. The Hall–Kier alpha value is -1.09. The van der Waals surface area contributed by atoms with Crippen LogP contribution in [-0.2, 0) is 0 Å². The molecule has 3 nitrogen and oxygen atoms in total. The number of piperidine rings is 1. The van der Waals surface area contributed by atoms with E-state index >= 15 is 0 Å². The minimum Gasteiger partial charge on any atom is -0.358 e. The first-order chi connectivity index (χ1) is 7.75. The number of rotatable bonds is 3. The first-order valence-electron chi connectivity index (χ1n) is 6.13. The average Bonchev–Trinajstić information content (AvgIpc) is 2.31. The summed E-state index contributed by atoms with van der Waals surface area (Å²) in [7, 11) is 2.12. The monoisotopic (exact) mass is 219 g/mol. The predicted octanol–water partition coefficient (Wildman–Crippen LogP) is 1.97. The third-order valence-corrected chi connectivity index (χ3v) is 3.19. The Morgan fingerprint density at radius 1 is 1.44 bits per heavy atom. The number of aryl methyl sites for hydroxylation is 1. The zero-order valence-electron chi connectivity index (χ0n) is 10.2. The molecule has 0 bridgehead atoms. The highest BCUT2D eigenvalue weighted by Crippen LogP contribution is 2.13. The van der Waals surface area contributed by atoms with Crippen LogP contribution in [0.5, 0.6) is 0 Å². The fraction of sp³-hybridized carbons (Fsp3) is 0.615. The second-order valence-electron chi connectivity index (χ2n) is 4.72. The standard InChI is InChI=1S/C13H21N3/c1-11-6-7-13(15-9-11)16(2)10-12-5-3-4-8-14-12/h6-7,9,12,14H,3-5,8,10H2,1-2H3. The van der Waals surface area contributed by atoms with E-state index in [-0.39, 0.29) is 0 Å². The molecule has 16 heavy (non-hydrogen) atoms. The predicted molar refractivity (Wildman–Crippen MR) is 67.9 cm³/mol. The van der Waals surface area contributed by atoms with Crippen LogP contribution >= 0.6 is 0 Å². The van der Waals surface area contributed by atoms with Crippen LogP contribution in [-0.4, -0.2) is 31.2 Å². The smallest absolute Gasteiger partial charge is 0.128 e. The lowest BCUT2D eigenvalue weighted by molar-refractivity contribution is 0.403. The fourth-order valence-electron chi connectivity index (χ4n) is 2.19. The lowest BCUT2D eigenvalue weighted by atomic mass is 10.0. The van der Waals surface area contributed by atoms with E-state index in [1.165, 1.54) is 31.4 Å². The topological polar surface area (TPSA) is 28.2 Å². The first-order valence-corrected chi connectivity index (χ1v) is 6.13. The van der Waals surface area contributed by atoms with Gasteiger partial charge in [-0.25, -0.2) is 4.98 Å². The van der Waals surface area contributed by atoms with Gasteiger partial charge in [0.2, 0.25) is 0 Å². The summed E-state index contributed by atoms with van der Waals surface area (Å²) in [4.78, 5) is 6.68. The van der Waals surface area contributed by atoms with E-state index in [1.54, 1.807) is 0 Å². The Morgan fingerprint density at radius 3 is 2.94 bits per heavy atom. The van der Waals surface area contributed by atoms with E-state index in [4.69, 9.17) is 0 Å². The van der Waals surface area contributed by atoms with Gasteiger partial charge < -0.3 is 10.2 Å². The van der Waals surface area contributed by atoms with E-state index in [0.29, 0.717) is 6.04 Å². The second-order valence-corrected chi connectivity index (χ2v) is 4.72. The van der Waals surface area contributed by atoms with Crippen molar-refractivity contribution in [1.82, 2.24) is 10.3 Å². The molecule has 0 aromatic carbocycles. The molecule has 0 amide bonds. The first kappa shape index (κ1) is 11.4. The van der Waals surface area contributed by atoms with Crippen LogP contribution in [0.3, 0.4) is 0 Å². The van der Waals surface area contributed by atoms with Crippen molar-refractivity contribution >= 4 is 5.82 Å². The van der Waals surface area contributed by atoms with Crippen molar-refractivity contribution in [3.63, 3.8) is 0 Å². The maximum absolute atomic E-state index is 4.44. The Kier molecular flexibility index (Phi) is 3.78. The molecule has 1 atom stereocenters. The highest BCUT2D eigenvalue weighted by molar-refractivity contribution is 5.38. The lowest BCUT2D eigenvalue weighted by Crippen LogP contribution is -2.42. The van der Waals surface area contributed by atoms with Crippen LogP contribution < -0.4 is 10.2 Å². The molecule has 0 aliphatic carbocycles. The maximum atomic E-state index is 4.44. The SMILES string of the molecule is Cc1ccc(N(C)CC2CCCCN2)nc1. The van der Waals surface area contributed by atoms with Gasteiger partial charge in [0.05, 0.1) is 0 Å². The quantitative estimate of drug-likeness (QED) is 0.842. The molecule has 0 radical (unpaired) electrons. The summed E-state index contributed by atoms with van der Waals surface area (Å²) in [6, 6.07) is 4.84. The van der Waals surface area contributed by atoms with Gasteiger partial charge in [-0.2, -0.15) is 0 Å². The van der Waals surface area contributed by atoms with E-state index in [0.717, 1.165) is 12.4 Å². The molecule has 3 heteroatoms. The third-order valence-electron chi connectivity index (χ3n) is 3.19. The summed E-state index contributed by atoms with van der Waals surface area (Å²) in [6.45, 7) is 4.29. The van der Waals surface area contributed by atoms with Gasteiger partial charge in [0, 0.05) is 25.8 Å². The summed E-state index contributed by atoms with van der Waals surface area (Å²) in [5.74, 6) is 1.07. The van der Waals surface area contributed by atoms with Gasteiger partial charge in [0.15, 0.2) is 0 Å². The van der Waals surface area contributed by atoms with Crippen LogP contribution in [0.15, 0.2) is 18.3 Å². The molecule has 1 aliphatic heterocycles. The Labute approximate surface area is 97.9 Å². The van der Waals surface area contributed by atoms with Crippen molar-refractivity contribution in [2.24, 2.45) is 0 Å². The molecule has 0 saturated carbocycles. The van der Waals surface area contributed by atoms with E-state index in [2.05, 4.69) is 41.3 Å². The number of hydrogen-bond donors (Lipinski definition) is 1. The van der Waals surface area contributed by atoms with Crippen LogP contribution in [0.1, 0.15) is 24.8 Å². The zero-order chi connectivity index (χ0) is 11.4. The molecule has 2 heterocycles. The summed E-state index contributed by atoms with van der Waals surface area (Å²) in [5.41, 5.74) is 1.22. The largest absolute Gasteiger partial charge is 0.358 e. The average molecular weight is 219 g/mol. The van der Waals surface area contributed by atoms with Crippen LogP contribution in [0, 0.1) is 6.92 Å². The van der Waals surface area contributed by atoms with Crippen LogP contribution in [0.25, 0.3) is 0 Å². The summed E-state index contributed by atoms with van der Waals surface area (Å²) < 4.78 is 0. The summed E-state index contributed by atoms with van der Waals surface area (Å²) in [6.07, 6.45) is 5.90. The van der Waals surface area contributed by atoms with Gasteiger partial charge in [-0.15, -0.1) is 0 Å². The highest BCUT2D eigenvalue weighted by Gasteiger charge is 2.14. The Morgan fingerprint density at radius 2 is 2.31 bits per heavy atom. The minimum absolute atomic E-state index is 0.627. The number of aromatic nitrogens is 1. The number of hydrogen-bond acceptors (Lipinski definition) is 3. The van der Waals surface area contributed by atoms with Gasteiger partial charge in [-0.1, -0.05) is 12.5 Å². The maximum Gasteiger partial charge on any atom is 0.128 e. The number of anilines is 1. The number of nitrogens with zero attached hydrogens (tertiary/aromatic N) is 2. The third kappa shape index (κ3) is 2.95. The normalized spacial score (nSPS) is 20.8.